The summed E-state index contributed by atoms with van der Waals surface area (Å²) in [6, 6.07) is 10.4. The lowest BCUT2D eigenvalue weighted by Gasteiger charge is -2.39. The lowest BCUT2D eigenvalue weighted by atomic mass is 9.80. The first-order chi connectivity index (χ1) is 12.6. The molecule has 2 aromatic rings. The summed E-state index contributed by atoms with van der Waals surface area (Å²) in [5, 5.41) is 2.20. The molecule has 0 bridgehead atoms. The van der Waals surface area contributed by atoms with Crippen LogP contribution in [0.5, 0.6) is 0 Å². The van der Waals surface area contributed by atoms with Crippen molar-refractivity contribution in [3.05, 3.63) is 42.2 Å². The zero-order chi connectivity index (χ0) is 18.1. The molecule has 0 spiro atoms. The van der Waals surface area contributed by atoms with Crippen LogP contribution in [-0.2, 0) is 0 Å². The van der Waals surface area contributed by atoms with Crippen molar-refractivity contribution >= 4 is 23.4 Å². The molecule has 4 rings (SSSR count). The molecule has 1 saturated heterocycles. The van der Waals surface area contributed by atoms with Crippen molar-refractivity contribution in [2.75, 3.05) is 37.0 Å². The van der Waals surface area contributed by atoms with E-state index >= 15 is 0 Å². The Morgan fingerprint density at radius 2 is 2.00 bits per heavy atom. The second-order valence-corrected chi connectivity index (χ2v) is 8.62. The third-order valence-corrected chi connectivity index (χ3v) is 6.74. The van der Waals surface area contributed by atoms with E-state index in [1.54, 1.807) is 11.8 Å². The fraction of sp³-hybridized carbons (Fsp3) is 0.474. The van der Waals surface area contributed by atoms with Crippen LogP contribution in [0.3, 0.4) is 0 Å². The maximum atomic E-state index is 5.92. The highest BCUT2D eigenvalue weighted by Crippen LogP contribution is 2.43. The molecule has 3 N–H and O–H groups in total. The predicted molar refractivity (Wildman–Crippen MR) is 107 cm³/mol. The van der Waals surface area contributed by atoms with Crippen LogP contribution in [0.4, 0.5) is 11.6 Å². The van der Waals surface area contributed by atoms with Gasteiger partial charge < -0.3 is 16.1 Å². The van der Waals surface area contributed by atoms with Gasteiger partial charge in [0.05, 0.1) is 6.20 Å². The smallest absolute Gasteiger partial charge is 0.167 e. The molecule has 6 nitrogen and oxygen atoms in total. The normalized spacial score (nSPS) is 22.1. The van der Waals surface area contributed by atoms with Gasteiger partial charge in [-0.25, -0.2) is 9.99 Å². The number of benzene rings is 1. The van der Waals surface area contributed by atoms with E-state index in [4.69, 9.17) is 15.7 Å². The van der Waals surface area contributed by atoms with Crippen LogP contribution < -0.4 is 16.1 Å². The van der Waals surface area contributed by atoms with E-state index < -0.39 is 0 Å². The number of hydrogen-bond donors (Lipinski definition) is 2. The number of nitrogens with one attached hydrogen (secondary N) is 1. The largest absolute Gasteiger partial charge is 0.355 e. The van der Waals surface area contributed by atoms with Crippen molar-refractivity contribution in [1.82, 2.24) is 15.0 Å². The van der Waals surface area contributed by atoms with Gasteiger partial charge in [0.1, 0.15) is 16.9 Å². The lowest BCUT2D eigenvalue weighted by molar-refractivity contribution is 0.258. The molecule has 0 saturated carbocycles. The van der Waals surface area contributed by atoms with Crippen LogP contribution >= 0.6 is 11.8 Å². The number of hydrogen-bond acceptors (Lipinski definition) is 7. The van der Waals surface area contributed by atoms with Crippen LogP contribution in [0, 0.1) is 5.41 Å². The van der Waals surface area contributed by atoms with Crippen LogP contribution in [-0.4, -0.2) is 41.7 Å². The van der Waals surface area contributed by atoms with E-state index in [-0.39, 0.29) is 10.8 Å². The van der Waals surface area contributed by atoms with E-state index in [0.29, 0.717) is 0 Å². The van der Waals surface area contributed by atoms with Gasteiger partial charge in [-0.2, -0.15) is 0 Å². The van der Waals surface area contributed by atoms with Crippen molar-refractivity contribution in [2.24, 2.45) is 11.1 Å². The number of rotatable bonds is 4. The average Bonchev–Trinajstić information content (AvgIpc) is 2.98. The quantitative estimate of drug-likeness (QED) is 0.857. The molecule has 1 aromatic heterocycles. The highest BCUT2D eigenvalue weighted by Gasteiger charge is 2.33. The van der Waals surface area contributed by atoms with Crippen molar-refractivity contribution in [3.63, 3.8) is 0 Å². The summed E-state index contributed by atoms with van der Waals surface area (Å²) < 4.78 is 0. The second-order valence-electron chi connectivity index (χ2n) is 7.47. The molecule has 0 aliphatic carbocycles. The predicted octanol–water partition coefficient (Wildman–Crippen LogP) is 3.11. The summed E-state index contributed by atoms with van der Waals surface area (Å²) in [4.78, 5) is 13.2. The van der Waals surface area contributed by atoms with E-state index in [9.17, 15) is 0 Å². The number of nitrogens with zero attached hydrogens (tertiary/aromatic N) is 4. The summed E-state index contributed by atoms with van der Waals surface area (Å²) in [6.07, 6.45) is 4.12. The van der Waals surface area contributed by atoms with Crippen LogP contribution in [0.1, 0.15) is 30.8 Å². The van der Waals surface area contributed by atoms with Gasteiger partial charge in [-0.15, -0.1) is 0 Å². The minimum atomic E-state index is 0.121. The third kappa shape index (κ3) is 3.39. The topological polar surface area (TPSA) is 70.3 Å². The zero-order valence-electron chi connectivity index (χ0n) is 15.4. The van der Waals surface area contributed by atoms with Gasteiger partial charge in [0.2, 0.25) is 0 Å². The number of anilines is 2. The van der Waals surface area contributed by atoms with Crippen molar-refractivity contribution in [2.45, 2.75) is 30.0 Å². The highest BCUT2D eigenvalue weighted by atomic mass is 32.2. The molecule has 138 valence electrons. The molecule has 26 heavy (non-hydrogen) atoms. The van der Waals surface area contributed by atoms with Crippen LogP contribution in [0.15, 0.2) is 41.4 Å². The molecular weight excluding hydrogens is 344 g/mol. The van der Waals surface area contributed by atoms with Gasteiger partial charge in [-0.1, -0.05) is 36.9 Å². The van der Waals surface area contributed by atoms with E-state index in [1.165, 1.54) is 4.90 Å². The fourth-order valence-corrected chi connectivity index (χ4v) is 4.52. The lowest BCUT2D eigenvalue weighted by Crippen LogP contribution is -2.42. The van der Waals surface area contributed by atoms with Gasteiger partial charge in [0.15, 0.2) is 5.82 Å². The van der Waals surface area contributed by atoms with Gasteiger partial charge in [0.25, 0.3) is 0 Å². The summed E-state index contributed by atoms with van der Waals surface area (Å²) in [6.45, 7) is 5.00. The van der Waals surface area contributed by atoms with E-state index in [0.717, 1.165) is 49.8 Å². The van der Waals surface area contributed by atoms with E-state index in [1.807, 2.05) is 19.3 Å². The summed E-state index contributed by atoms with van der Waals surface area (Å²) in [5.41, 5.74) is 10.5. The molecule has 2 aliphatic rings. The van der Waals surface area contributed by atoms with E-state index in [2.05, 4.69) is 46.5 Å². The monoisotopic (exact) mass is 370 g/mol. The van der Waals surface area contributed by atoms with Gasteiger partial charge in [0, 0.05) is 25.0 Å². The Morgan fingerprint density at radius 3 is 2.69 bits per heavy atom. The van der Waals surface area contributed by atoms with Crippen molar-refractivity contribution in [1.29, 1.82) is 0 Å². The molecule has 7 heteroatoms. The first-order valence-corrected chi connectivity index (χ1v) is 9.99. The minimum absolute atomic E-state index is 0.121. The Kier molecular flexibility index (Phi) is 4.77. The Hall–Kier alpha value is -1.83. The Balaban J connectivity index is 1.51. The van der Waals surface area contributed by atoms with Crippen molar-refractivity contribution in [3.8, 4) is 0 Å². The minimum Gasteiger partial charge on any atom is -0.355 e. The number of aromatic nitrogens is 2. The molecule has 1 unspecified atom stereocenters. The molecular formula is C19H26N6S. The highest BCUT2D eigenvalue weighted by molar-refractivity contribution is 7.99. The standard InChI is InChI=1S/C19H26N6S/c1-19(13-20)8-10-25(11-9-19)15-12-21-16-17(22-15)23-24(2)18(16)26-14-6-4-3-5-7-14/h3-7,12,18H,8-11,13,20H2,1-2H3,(H,22,23). The number of piperidine rings is 1. The number of fused-ring (bicyclic) bond motifs is 1. The molecule has 1 aromatic carbocycles. The van der Waals surface area contributed by atoms with Crippen LogP contribution in [0.2, 0.25) is 0 Å². The number of hydrazine groups is 1. The van der Waals surface area contributed by atoms with Gasteiger partial charge in [-0.3, -0.25) is 4.98 Å². The first-order valence-electron chi connectivity index (χ1n) is 9.11. The molecule has 1 atom stereocenters. The molecule has 2 aliphatic heterocycles. The maximum absolute atomic E-state index is 5.92. The summed E-state index contributed by atoms with van der Waals surface area (Å²) in [7, 11) is 2.04. The van der Waals surface area contributed by atoms with Gasteiger partial charge in [-0.05, 0) is 36.9 Å². The SMILES string of the molecule is CN1Nc2nc(N3CCC(C)(CN)CC3)cnc2C1Sc1ccccc1. The van der Waals surface area contributed by atoms with Crippen LogP contribution in [0.25, 0.3) is 0 Å². The molecule has 1 fully saturated rings. The van der Waals surface area contributed by atoms with Crippen molar-refractivity contribution < 1.29 is 0 Å². The fourth-order valence-electron chi connectivity index (χ4n) is 3.46. The number of nitrogens with two attached hydrogens (primary N) is 1. The number of thioether (sulfide) groups is 1. The molecule has 0 radical (unpaired) electrons. The zero-order valence-corrected chi connectivity index (χ0v) is 16.2. The Morgan fingerprint density at radius 1 is 1.27 bits per heavy atom. The first kappa shape index (κ1) is 17.6. The third-order valence-electron chi connectivity index (χ3n) is 5.43. The Bertz CT molecular complexity index is 760. The van der Waals surface area contributed by atoms with Gasteiger partial charge >= 0.3 is 0 Å². The second kappa shape index (κ2) is 7.06. The average molecular weight is 371 g/mol. The molecule has 3 heterocycles. The summed E-state index contributed by atoms with van der Waals surface area (Å²) >= 11 is 1.78. The maximum Gasteiger partial charge on any atom is 0.167 e. The Labute approximate surface area is 159 Å². The molecule has 0 amide bonds. The summed E-state index contributed by atoms with van der Waals surface area (Å²) in [5.74, 6) is 1.82.